The van der Waals surface area contributed by atoms with Gasteiger partial charge in [-0.05, 0) is 82.2 Å². The third kappa shape index (κ3) is 5.79. The van der Waals surface area contributed by atoms with Gasteiger partial charge in [0.1, 0.15) is 29.1 Å². The predicted molar refractivity (Wildman–Crippen MR) is 174 cm³/mol. The molecule has 0 radical (unpaired) electrons. The molecule has 9 nitrogen and oxygen atoms in total. The molecule has 3 heterocycles. The average molecular weight is 640 g/mol. The molecule has 2 saturated carbocycles. The highest BCUT2D eigenvalue weighted by Crippen LogP contribution is 2.54. The number of allylic oxidation sites excluding steroid dienone is 3. The van der Waals surface area contributed by atoms with Crippen LogP contribution in [0, 0.1) is 0 Å². The summed E-state index contributed by atoms with van der Waals surface area (Å²) in [6, 6.07) is 7.70. The molecule has 7 rings (SSSR count). The van der Waals surface area contributed by atoms with E-state index in [-0.39, 0.29) is 29.8 Å². The van der Waals surface area contributed by atoms with Gasteiger partial charge >= 0.3 is 5.97 Å². The van der Waals surface area contributed by atoms with Crippen LogP contribution in [0.1, 0.15) is 94.7 Å². The number of benzene rings is 2. The van der Waals surface area contributed by atoms with Crippen molar-refractivity contribution in [2.45, 2.75) is 102 Å². The Bertz CT molecular complexity index is 1840. The summed E-state index contributed by atoms with van der Waals surface area (Å²) in [5.41, 5.74) is 2.69. The van der Waals surface area contributed by atoms with Crippen molar-refractivity contribution in [2.75, 3.05) is 13.2 Å². The number of rotatable bonds is 7. The Hall–Kier alpha value is -4.24. The molecule has 2 aliphatic carbocycles. The first-order valence-electron chi connectivity index (χ1n) is 16.9. The fourth-order valence-electron chi connectivity index (χ4n) is 7.54. The van der Waals surface area contributed by atoms with E-state index in [1.807, 2.05) is 18.2 Å². The molecule has 0 bridgehead atoms. The maximum atomic E-state index is 13.5. The second kappa shape index (κ2) is 12.4. The smallest absolute Gasteiger partial charge is 0.375 e. The first-order valence-corrected chi connectivity index (χ1v) is 16.9. The van der Waals surface area contributed by atoms with Crippen LogP contribution >= 0.6 is 0 Å². The number of hydrogen-bond donors (Lipinski definition) is 1. The zero-order valence-electron chi connectivity index (χ0n) is 27.2. The minimum atomic E-state index is -1.14. The molecular weight excluding hydrogens is 598 g/mol. The van der Waals surface area contributed by atoms with E-state index < -0.39 is 23.6 Å². The molecular formula is C38H41NO8. The molecule has 2 aromatic rings. The Morgan fingerprint density at radius 2 is 1.91 bits per heavy atom. The van der Waals surface area contributed by atoms with Gasteiger partial charge in [0, 0.05) is 36.0 Å². The van der Waals surface area contributed by atoms with Crippen LogP contribution in [0.2, 0.25) is 0 Å². The number of fused-ring (bicyclic) bond motifs is 3. The molecule has 2 unspecified atom stereocenters. The van der Waals surface area contributed by atoms with Gasteiger partial charge < -0.3 is 24.1 Å². The highest BCUT2D eigenvalue weighted by Gasteiger charge is 2.43. The van der Waals surface area contributed by atoms with Gasteiger partial charge in [0.05, 0.1) is 41.4 Å². The first kappa shape index (κ1) is 31.4. The minimum Gasteiger partial charge on any atom is -0.489 e. The third-order valence-electron chi connectivity index (χ3n) is 10.0. The SMILES string of the molecule is CCOC(=O)C1=C(C=O)C(=C2CCC(=O)C(c3ccc4c(c3)=CCN=4)C2)c2c(cc3c(c2OC2CCCCC2)CC(C(C)(C)O)O3)O1. The lowest BCUT2D eigenvalue weighted by Crippen LogP contribution is -2.39. The zero-order valence-corrected chi connectivity index (χ0v) is 27.2. The Kier molecular flexibility index (Phi) is 8.28. The maximum Gasteiger partial charge on any atom is 0.375 e. The number of carbonyl (C=O) groups is 3. The van der Waals surface area contributed by atoms with Crippen molar-refractivity contribution < 1.29 is 38.4 Å². The van der Waals surface area contributed by atoms with E-state index in [4.69, 9.17) is 18.9 Å². The zero-order chi connectivity index (χ0) is 32.9. The van der Waals surface area contributed by atoms with E-state index in [1.54, 1.807) is 26.8 Å². The molecule has 2 fully saturated rings. The summed E-state index contributed by atoms with van der Waals surface area (Å²) in [5, 5.41) is 12.9. The van der Waals surface area contributed by atoms with E-state index in [9.17, 15) is 19.5 Å². The lowest BCUT2D eigenvalue weighted by molar-refractivity contribution is -0.141. The molecule has 0 aromatic heterocycles. The summed E-state index contributed by atoms with van der Waals surface area (Å²) in [5.74, 6) is 0.168. The second-order valence-corrected chi connectivity index (χ2v) is 13.6. The number of Topliss-reactive ketones (excluding diaryl/α,β-unsaturated/α-hetero) is 1. The summed E-state index contributed by atoms with van der Waals surface area (Å²) in [7, 11) is 0. The molecule has 0 spiro atoms. The number of aldehydes is 1. The lowest BCUT2D eigenvalue weighted by atomic mass is 9.75. The van der Waals surface area contributed by atoms with Crippen molar-refractivity contribution in [3.8, 4) is 17.2 Å². The molecule has 0 saturated heterocycles. The molecule has 2 atom stereocenters. The van der Waals surface area contributed by atoms with Crippen molar-refractivity contribution in [3.63, 3.8) is 0 Å². The van der Waals surface area contributed by atoms with Crippen LogP contribution < -0.4 is 24.8 Å². The molecule has 5 aliphatic rings. The normalized spacial score (nSPS) is 23.9. The molecule has 1 N–H and O–H groups in total. The largest absolute Gasteiger partial charge is 0.489 e. The standard InChI is InChI=1S/C38H41NO8/c1-4-44-37(42)36-27(20-40)33(23-11-13-29(41)25(17-23)21-10-12-28-22(16-21)14-15-39-28)34-31(47-36)19-30-26(18-32(46-30)38(2,3)43)35(34)45-24-8-6-5-7-9-24/h10,12,14,16,19-20,24-25,32,43H,4-9,11,13,15,17-18H2,1-3H3. The average Bonchev–Trinajstić information content (AvgIpc) is 3.72. The van der Waals surface area contributed by atoms with Crippen molar-refractivity contribution in [3.05, 3.63) is 68.4 Å². The second-order valence-electron chi connectivity index (χ2n) is 13.6. The number of nitrogens with zero attached hydrogens (tertiary/aromatic N) is 1. The number of esters is 1. The van der Waals surface area contributed by atoms with E-state index >= 15 is 0 Å². The van der Waals surface area contributed by atoms with Crippen LogP contribution in [0.4, 0.5) is 0 Å². The monoisotopic (exact) mass is 639 g/mol. The van der Waals surface area contributed by atoms with Crippen LogP contribution in [-0.2, 0) is 25.5 Å². The molecule has 47 heavy (non-hydrogen) atoms. The van der Waals surface area contributed by atoms with Gasteiger partial charge in [-0.2, -0.15) is 0 Å². The number of ether oxygens (including phenoxy) is 4. The number of aliphatic hydroxyl groups is 1. The molecule has 2 aromatic carbocycles. The minimum absolute atomic E-state index is 0.0457. The van der Waals surface area contributed by atoms with Gasteiger partial charge in [-0.3, -0.25) is 14.6 Å². The summed E-state index contributed by atoms with van der Waals surface area (Å²) < 4.78 is 24.8. The lowest BCUT2D eigenvalue weighted by Gasteiger charge is -2.32. The topological polar surface area (TPSA) is 121 Å². The third-order valence-corrected chi connectivity index (χ3v) is 10.0. The van der Waals surface area contributed by atoms with Gasteiger partial charge in [-0.25, -0.2) is 4.79 Å². The molecule has 3 aliphatic heterocycles. The van der Waals surface area contributed by atoms with Crippen molar-refractivity contribution in [1.29, 1.82) is 0 Å². The van der Waals surface area contributed by atoms with Gasteiger partial charge in [0.15, 0.2) is 6.29 Å². The first-order chi connectivity index (χ1) is 22.7. The van der Waals surface area contributed by atoms with Crippen molar-refractivity contribution in [2.24, 2.45) is 4.99 Å². The summed E-state index contributed by atoms with van der Waals surface area (Å²) in [6.45, 7) is 5.85. The Labute approximate surface area is 274 Å². The Morgan fingerprint density at radius 3 is 2.66 bits per heavy atom. The van der Waals surface area contributed by atoms with Crippen molar-refractivity contribution in [1.82, 2.24) is 0 Å². The van der Waals surface area contributed by atoms with E-state index in [1.165, 1.54) is 0 Å². The van der Waals surface area contributed by atoms with Crippen LogP contribution in [0.3, 0.4) is 0 Å². The fraction of sp³-hybridized carbons (Fsp3) is 0.474. The maximum absolute atomic E-state index is 13.5. The van der Waals surface area contributed by atoms with E-state index in [0.717, 1.165) is 59.4 Å². The van der Waals surface area contributed by atoms with Crippen LogP contribution in [0.15, 0.2) is 46.2 Å². The Morgan fingerprint density at radius 1 is 1.11 bits per heavy atom. The quantitative estimate of drug-likeness (QED) is 0.345. The van der Waals surface area contributed by atoms with Gasteiger partial charge in [-0.15, -0.1) is 0 Å². The number of carbonyl (C=O) groups excluding carboxylic acids is 3. The van der Waals surface area contributed by atoms with Crippen LogP contribution in [-0.4, -0.2) is 54.1 Å². The predicted octanol–water partition coefficient (Wildman–Crippen LogP) is 4.59. The fourth-order valence-corrected chi connectivity index (χ4v) is 7.54. The number of hydrogen-bond acceptors (Lipinski definition) is 9. The highest BCUT2D eigenvalue weighted by atomic mass is 16.6. The molecule has 0 amide bonds. The van der Waals surface area contributed by atoms with Crippen molar-refractivity contribution >= 4 is 29.7 Å². The highest BCUT2D eigenvalue weighted by molar-refractivity contribution is 6.10. The van der Waals surface area contributed by atoms with Gasteiger partial charge in [0.25, 0.3) is 0 Å². The van der Waals surface area contributed by atoms with Gasteiger partial charge in [0.2, 0.25) is 5.76 Å². The summed E-state index contributed by atoms with van der Waals surface area (Å²) in [4.78, 5) is 44.3. The molecule has 246 valence electrons. The molecule has 9 heteroatoms. The summed E-state index contributed by atoms with van der Waals surface area (Å²) in [6.07, 6.45) is 8.66. The number of ketones is 1. The van der Waals surface area contributed by atoms with Gasteiger partial charge in [-0.1, -0.05) is 24.1 Å². The summed E-state index contributed by atoms with van der Waals surface area (Å²) >= 11 is 0. The van der Waals surface area contributed by atoms with Crippen LogP contribution in [0.5, 0.6) is 17.2 Å². The van der Waals surface area contributed by atoms with E-state index in [2.05, 4.69) is 11.1 Å². The van der Waals surface area contributed by atoms with Crippen LogP contribution in [0.25, 0.3) is 11.6 Å². The Balaban J connectivity index is 1.43. The van der Waals surface area contributed by atoms with E-state index in [0.29, 0.717) is 66.9 Å².